The number of halogens is 1. The molecule has 0 fully saturated rings. The van der Waals surface area contributed by atoms with Crippen LogP contribution < -0.4 is 0 Å². The molecule has 0 radical (unpaired) electrons. The van der Waals surface area contributed by atoms with E-state index in [-0.39, 0.29) is 5.82 Å². The Kier molecular flexibility index (Phi) is 2.46. The lowest BCUT2D eigenvalue weighted by Crippen LogP contribution is -1.78. The molecule has 0 unspecified atom stereocenters. The van der Waals surface area contributed by atoms with E-state index in [1.165, 1.54) is 12.1 Å². The minimum absolute atomic E-state index is 0.251. The molecule has 0 bridgehead atoms. The van der Waals surface area contributed by atoms with Crippen molar-refractivity contribution in [3.8, 4) is 12.3 Å². The highest BCUT2D eigenvalue weighted by molar-refractivity contribution is 5.52. The van der Waals surface area contributed by atoms with Crippen LogP contribution in [0.25, 0.3) is 6.08 Å². The van der Waals surface area contributed by atoms with Gasteiger partial charge in [-0.3, -0.25) is 0 Å². The average Bonchev–Trinajstić information content (AvgIpc) is 2.03. The molecule has 0 N–H and O–H groups in total. The van der Waals surface area contributed by atoms with Gasteiger partial charge in [-0.25, -0.2) is 4.39 Å². The minimum Gasteiger partial charge on any atom is -0.206 e. The molecule has 11 heavy (non-hydrogen) atoms. The first-order chi connectivity index (χ1) is 5.34. The van der Waals surface area contributed by atoms with Crippen molar-refractivity contribution in [3.05, 3.63) is 41.7 Å². The van der Waals surface area contributed by atoms with Crippen LogP contribution in [0.4, 0.5) is 4.39 Å². The molecule has 1 rings (SSSR count). The zero-order chi connectivity index (χ0) is 8.10. The van der Waals surface area contributed by atoms with Gasteiger partial charge < -0.3 is 0 Å². The summed E-state index contributed by atoms with van der Waals surface area (Å²) in [5, 5.41) is 0. The SMILES string of the molecule is C#C/C=C/c1ccccc1F. The standard InChI is InChI=1S/C10H7F/c1-2-3-6-9-7-4-5-8-10(9)11/h1,3-8H/b6-3+. The Balaban J connectivity index is 2.97. The van der Waals surface area contributed by atoms with Gasteiger partial charge in [-0.2, -0.15) is 0 Å². The van der Waals surface area contributed by atoms with Crippen LogP contribution in [0.5, 0.6) is 0 Å². The first kappa shape index (κ1) is 7.56. The van der Waals surface area contributed by atoms with Gasteiger partial charge in [0, 0.05) is 5.56 Å². The maximum absolute atomic E-state index is 12.8. The van der Waals surface area contributed by atoms with E-state index in [2.05, 4.69) is 5.92 Å². The van der Waals surface area contributed by atoms with Crippen LogP contribution in [0, 0.1) is 18.2 Å². The molecule has 0 saturated carbocycles. The van der Waals surface area contributed by atoms with Crippen molar-refractivity contribution in [2.24, 2.45) is 0 Å². The van der Waals surface area contributed by atoms with Crippen LogP contribution in [0.3, 0.4) is 0 Å². The number of benzene rings is 1. The van der Waals surface area contributed by atoms with Crippen molar-refractivity contribution in [3.63, 3.8) is 0 Å². The summed E-state index contributed by atoms with van der Waals surface area (Å²) in [6.45, 7) is 0. The minimum atomic E-state index is -0.251. The molecular formula is C10H7F. The molecule has 0 aromatic heterocycles. The van der Waals surface area contributed by atoms with E-state index in [1.807, 2.05) is 0 Å². The summed E-state index contributed by atoms with van der Waals surface area (Å²) in [5.41, 5.74) is 0.519. The van der Waals surface area contributed by atoms with Crippen LogP contribution in [0.15, 0.2) is 30.3 Å². The Hall–Kier alpha value is -1.55. The van der Waals surface area contributed by atoms with Gasteiger partial charge >= 0.3 is 0 Å². The number of hydrogen-bond donors (Lipinski definition) is 0. The predicted molar refractivity (Wildman–Crippen MR) is 44.3 cm³/mol. The van der Waals surface area contributed by atoms with Crippen molar-refractivity contribution in [1.82, 2.24) is 0 Å². The maximum atomic E-state index is 12.8. The highest BCUT2D eigenvalue weighted by Gasteiger charge is 1.92. The quantitative estimate of drug-likeness (QED) is 0.534. The average molecular weight is 146 g/mol. The fourth-order valence-corrected chi connectivity index (χ4v) is 0.748. The Morgan fingerprint density at radius 1 is 1.36 bits per heavy atom. The maximum Gasteiger partial charge on any atom is 0.130 e. The Morgan fingerprint density at radius 2 is 2.09 bits per heavy atom. The van der Waals surface area contributed by atoms with Crippen molar-refractivity contribution in [1.29, 1.82) is 0 Å². The van der Waals surface area contributed by atoms with Crippen LogP contribution in [-0.2, 0) is 0 Å². The van der Waals surface area contributed by atoms with Gasteiger partial charge in [0.1, 0.15) is 5.82 Å². The molecule has 0 heterocycles. The van der Waals surface area contributed by atoms with Crippen molar-refractivity contribution < 1.29 is 4.39 Å². The lowest BCUT2D eigenvalue weighted by atomic mass is 10.2. The molecular weight excluding hydrogens is 139 g/mol. The molecule has 1 aromatic rings. The molecule has 0 aliphatic carbocycles. The topological polar surface area (TPSA) is 0 Å². The fraction of sp³-hybridized carbons (Fsp3) is 0. The number of rotatable bonds is 1. The summed E-state index contributed by atoms with van der Waals surface area (Å²) in [6, 6.07) is 6.47. The summed E-state index contributed by atoms with van der Waals surface area (Å²) < 4.78 is 12.8. The molecule has 1 aromatic carbocycles. The second kappa shape index (κ2) is 3.58. The smallest absolute Gasteiger partial charge is 0.130 e. The second-order valence-electron chi connectivity index (χ2n) is 2.02. The van der Waals surface area contributed by atoms with Gasteiger partial charge in [-0.1, -0.05) is 24.1 Å². The first-order valence-corrected chi connectivity index (χ1v) is 3.22. The van der Waals surface area contributed by atoms with Crippen LogP contribution in [-0.4, -0.2) is 0 Å². The van der Waals surface area contributed by atoms with Gasteiger partial charge in [0.2, 0.25) is 0 Å². The molecule has 0 atom stereocenters. The normalized spacial score (nSPS) is 9.82. The van der Waals surface area contributed by atoms with Crippen LogP contribution in [0.2, 0.25) is 0 Å². The summed E-state index contributed by atoms with van der Waals surface area (Å²) in [7, 11) is 0. The highest BCUT2D eigenvalue weighted by atomic mass is 19.1. The van der Waals surface area contributed by atoms with Crippen molar-refractivity contribution in [2.75, 3.05) is 0 Å². The van der Waals surface area contributed by atoms with Crippen LogP contribution in [0.1, 0.15) is 5.56 Å². The predicted octanol–water partition coefficient (Wildman–Crippen LogP) is 2.47. The first-order valence-electron chi connectivity index (χ1n) is 3.22. The van der Waals surface area contributed by atoms with Crippen molar-refractivity contribution in [2.45, 2.75) is 0 Å². The zero-order valence-electron chi connectivity index (χ0n) is 5.92. The molecule has 0 amide bonds. The van der Waals surface area contributed by atoms with Gasteiger partial charge in [0.05, 0.1) is 0 Å². The Bertz CT molecular complexity index is 305. The van der Waals surface area contributed by atoms with Gasteiger partial charge in [-0.05, 0) is 18.2 Å². The molecule has 0 nitrogen and oxygen atoms in total. The number of terminal acetylenes is 1. The molecule has 54 valence electrons. The zero-order valence-corrected chi connectivity index (χ0v) is 5.92. The molecule has 0 saturated heterocycles. The van der Waals surface area contributed by atoms with Gasteiger partial charge in [0.25, 0.3) is 0 Å². The summed E-state index contributed by atoms with van der Waals surface area (Å²) >= 11 is 0. The lowest BCUT2D eigenvalue weighted by molar-refractivity contribution is 0.625. The number of hydrogen-bond acceptors (Lipinski definition) is 0. The molecule has 0 aliphatic rings. The third-order valence-electron chi connectivity index (χ3n) is 1.26. The number of allylic oxidation sites excluding steroid dienone is 1. The van der Waals surface area contributed by atoms with Crippen molar-refractivity contribution >= 4 is 6.08 Å². The molecule has 0 spiro atoms. The molecule has 0 aliphatic heterocycles. The van der Waals surface area contributed by atoms with Gasteiger partial charge in [0.15, 0.2) is 0 Å². The largest absolute Gasteiger partial charge is 0.206 e. The third-order valence-corrected chi connectivity index (χ3v) is 1.26. The van der Waals surface area contributed by atoms with E-state index in [0.29, 0.717) is 5.56 Å². The lowest BCUT2D eigenvalue weighted by Gasteiger charge is -1.92. The fourth-order valence-electron chi connectivity index (χ4n) is 0.748. The Morgan fingerprint density at radius 3 is 2.73 bits per heavy atom. The monoisotopic (exact) mass is 146 g/mol. The Labute approximate surface area is 65.4 Å². The van der Waals surface area contributed by atoms with E-state index in [1.54, 1.807) is 24.3 Å². The summed E-state index contributed by atoms with van der Waals surface area (Å²) in [4.78, 5) is 0. The van der Waals surface area contributed by atoms with Gasteiger partial charge in [-0.15, -0.1) is 6.42 Å². The van der Waals surface area contributed by atoms with E-state index in [9.17, 15) is 4.39 Å². The second-order valence-corrected chi connectivity index (χ2v) is 2.02. The van der Waals surface area contributed by atoms with E-state index in [0.717, 1.165) is 0 Å². The van der Waals surface area contributed by atoms with E-state index in [4.69, 9.17) is 6.42 Å². The third kappa shape index (κ3) is 1.94. The highest BCUT2D eigenvalue weighted by Crippen LogP contribution is 2.07. The summed E-state index contributed by atoms with van der Waals surface area (Å²) in [6.07, 6.45) is 8.00. The van der Waals surface area contributed by atoms with Crippen LogP contribution >= 0.6 is 0 Å². The van der Waals surface area contributed by atoms with E-state index >= 15 is 0 Å². The molecule has 1 heteroatoms. The summed E-state index contributed by atoms with van der Waals surface area (Å²) in [5.74, 6) is 2.05. The van der Waals surface area contributed by atoms with E-state index < -0.39 is 0 Å².